The molecule has 2 aromatic heterocycles. The monoisotopic (exact) mass is 743 g/mol. The number of carbonyl (C=O) groups excluding carboxylic acids is 2. The van der Waals surface area contributed by atoms with Gasteiger partial charge < -0.3 is 15.8 Å². The Morgan fingerprint density at radius 1 is 1.13 bits per heavy atom. The number of nitrogens with zero attached hydrogens (tertiary/aromatic N) is 7. The zero-order valence-electron chi connectivity index (χ0n) is 28.6. The number of alkyl halides is 4. The zero-order valence-corrected chi connectivity index (χ0v) is 29.4. The second-order valence-corrected chi connectivity index (χ2v) is 15.3. The number of benzene rings is 1. The van der Waals surface area contributed by atoms with Gasteiger partial charge in [0.15, 0.2) is 17.3 Å². The maximum atomic E-state index is 14.9. The first-order valence-electron chi connectivity index (χ1n) is 17.0. The minimum Gasteiger partial charge on any atom is -0.447 e. The van der Waals surface area contributed by atoms with Crippen LogP contribution in [-0.4, -0.2) is 72.0 Å². The number of alkyl carbamates (subject to hydrolysis) is 1. The van der Waals surface area contributed by atoms with Gasteiger partial charge >= 0.3 is 6.09 Å². The van der Waals surface area contributed by atoms with E-state index < -0.39 is 72.3 Å². The van der Waals surface area contributed by atoms with E-state index >= 15 is 0 Å². The summed E-state index contributed by atoms with van der Waals surface area (Å²) < 4.78 is 63.3. The van der Waals surface area contributed by atoms with Gasteiger partial charge in [0.1, 0.15) is 19.0 Å². The highest BCUT2D eigenvalue weighted by Gasteiger charge is 2.58. The van der Waals surface area contributed by atoms with Crippen LogP contribution in [0.15, 0.2) is 70.7 Å². The number of ether oxygens (including phenoxy) is 1. The first kappa shape index (κ1) is 35.7. The maximum absolute atomic E-state index is 14.9. The summed E-state index contributed by atoms with van der Waals surface area (Å²) in [6.07, 6.45) is 5.63. The molecule has 3 aromatic rings. The van der Waals surface area contributed by atoms with Crippen molar-refractivity contribution in [2.45, 2.75) is 94.9 Å². The van der Waals surface area contributed by atoms with Gasteiger partial charge in [-0.25, -0.2) is 37.0 Å². The molecule has 3 heterocycles. The normalized spacial score (nSPS) is 24.8. The number of hydrogen-bond acceptors (Lipinski definition) is 8. The lowest BCUT2D eigenvalue weighted by Crippen LogP contribution is -2.52. The number of carbonyl (C=O) groups is 2. The van der Waals surface area contributed by atoms with Crippen LogP contribution in [0.2, 0.25) is 0 Å². The van der Waals surface area contributed by atoms with Crippen molar-refractivity contribution in [1.29, 1.82) is 0 Å². The minimum atomic E-state index is -3.04. The molecule has 7 rings (SSSR count). The maximum Gasteiger partial charge on any atom is 0.407 e. The second kappa shape index (κ2) is 13.0. The van der Waals surface area contributed by atoms with Crippen molar-refractivity contribution in [2.24, 2.45) is 16.1 Å². The van der Waals surface area contributed by atoms with Crippen LogP contribution >= 0.6 is 11.6 Å². The predicted molar refractivity (Wildman–Crippen MR) is 182 cm³/mol. The fourth-order valence-electron chi connectivity index (χ4n) is 6.89. The number of amides is 2. The molecule has 4 aliphatic rings. The van der Waals surface area contributed by atoms with Crippen molar-refractivity contribution in [3.05, 3.63) is 77.1 Å². The standard InChI is InChI=1S/C35H38ClF4N9O3/c1-33(2,3)17-34(22-7-4-19(5-8-22)21-14-43-47(15-21)23-9-10-23)30(50)48(31(41)46-34)26(16-52-32(51)45-27-13-35(27,39)40)20-6-11-24(36)25(12-20)49-29(28(37)38)42-18-44-49/h4-8,11,14-15,18,23,25-28H,9-10,12-13,16-17H2,1-3H3,(H2,41,46)(H,45,51)/t25?,26-,27?,34-/m1/s1. The Balaban J connectivity index is 1.22. The van der Waals surface area contributed by atoms with Crippen molar-refractivity contribution in [2.75, 3.05) is 6.61 Å². The van der Waals surface area contributed by atoms with E-state index in [1.807, 2.05) is 55.9 Å². The van der Waals surface area contributed by atoms with E-state index in [2.05, 4.69) is 20.5 Å². The van der Waals surface area contributed by atoms with Crippen molar-refractivity contribution < 1.29 is 31.9 Å². The molecule has 52 heavy (non-hydrogen) atoms. The summed E-state index contributed by atoms with van der Waals surface area (Å²) in [5.74, 6) is -4.33. The first-order chi connectivity index (χ1) is 24.6. The number of nitrogens with one attached hydrogen (secondary N) is 1. The Morgan fingerprint density at radius 2 is 1.85 bits per heavy atom. The summed E-state index contributed by atoms with van der Waals surface area (Å²) in [7, 11) is 0. The average molecular weight is 744 g/mol. The first-order valence-corrected chi connectivity index (χ1v) is 17.3. The molecular weight excluding hydrogens is 706 g/mol. The average Bonchev–Trinajstić information content (AvgIpc) is 3.81. The molecule has 3 aliphatic carbocycles. The summed E-state index contributed by atoms with van der Waals surface area (Å²) in [4.78, 5) is 37.4. The molecule has 0 radical (unpaired) electrons. The van der Waals surface area contributed by atoms with E-state index in [9.17, 15) is 27.2 Å². The highest BCUT2D eigenvalue weighted by atomic mass is 35.5. The molecule has 276 valence electrons. The van der Waals surface area contributed by atoms with Gasteiger partial charge in [0.2, 0.25) is 0 Å². The summed E-state index contributed by atoms with van der Waals surface area (Å²) in [5, 5.41) is 10.8. The Morgan fingerprint density at radius 3 is 2.48 bits per heavy atom. The Hall–Kier alpha value is -4.73. The fourth-order valence-corrected chi connectivity index (χ4v) is 7.12. The number of rotatable bonds is 11. The van der Waals surface area contributed by atoms with Crippen LogP contribution in [0.5, 0.6) is 0 Å². The number of nitrogens with two attached hydrogens (primary N) is 1. The number of aromatic nitrogens is 5. The van der Waals surface area contributed by atoms with Crippen LogP contribution in [0.25, 0.3) is 11.1 Å². The molecule has 0 spiro atoms. The van der Waals surface area contributed by atoms with Crippen LogP contribution in [0.4, 0.5) is 22.4 Å². The fraction of sp³-hybridized carbons (Fsp3) is 0.486. The minimum absolute atomic E-state index is 0.0542. The third-order valence-electron chi connectivity index (χ3n) is 9.65. The van der Waals surface area contributed by atoms with Crippen molar-refractivity contribution >= 4 is 29.6 Å². The van der Waals surface area contributed by atoms with E-state index in [-0.39, 0.29) is 23.8 Å². The van der Waals surface area contributed by atoms with E-state index in [1.165, 1.54) is 11.0 Å². The Kier molecular flexibility index (Phi) is 8.94. The lowest BCUT2D eigenvalue weighted by atomic mass is 9.75. The molecule has 2 fully saturated rings. The van der Waals surface area contributed by atoms with Gasteiger partial charge in [-0.2, -0.15) is 10.2 Å². The molecule has 2 amide bonds. The molecule has 2 saturated carbocycles. The molecular formula is C35H38ClF4N9O3. The smallest absolute Gasteiger partial charge is 0.407 e. The third-order valence-corrected chi connectivity index (χ3v) is 10.0. The molecule has 3 N–H and O–H groups in total. The van der Waals surface area contributed by atoms with E-state index in [0.29, 0.717) is 17.2 Å². The van der Waals surface area contributed by atoms with Crippen molar-refractivity contribution in [3.63, 3.8) is 0 Å². The Bertz CT molecular complexity index is 1960. The molecule has 17 heteroatoms. The van der Waals surface area contributed by atoms with Gasteiger partial charge in [0.25, 0.3) is 18.3 Å². The van der Waals surface area contributed by atoms with Gasteiger partial charge in [0, 0.05) is 23.2 Å². The summed E-state index contributed by atoms with van der Waals surface area (Å²) >= 11 is 6.51. The number of halogens is 5. The topological polar surface area (TPSA) is 146 Å². The van der Waals surface area contributed by atoms with Crippen LogP contribution in [0.3, 0.4) is 0 Å². The van der Waals surface area contributed by atoms with Crippen LogP contribution in [0.1, 0.15) is 82.8 Å². The molecule has 1 aliphatic heterocycles. The molecule has 12 nitrogen and oxygen atoms in total. The van der Waals surface area contributed by atoms with Gasteiger partial charge in [-0.05, 0) is 53.9 Å². The van der Waals surface area contributed by atoms with Gasteiger partial charge in [-0.3, -0.25) is 14.4 Å². The third kappa shape index (κ3) is 6.92. The molecule has 4 atom stereocenters. The van der Waals surface area contributed by atoms with E-state index in [1.54, 1.807) is 12.3 Å². The van der Waals surface area contributed by atoms with E-state index in [4.69, 9.17) is 27.1 Å². The van der Waals surface area contributed by atoms with Crippen LogP contribution in [-0.2, 0) is 15.1 Å². The molecule has 0 saturated heterocycles. The van der Waals surface area contributed by atoms with Gasteiger partial charge in [-0.15, -0.1) is 0 Å². The summed E-state index contributed by atoms with van der Waals surface area (Å²) in [6.45, 7) is 5.38. The highest BCUT2D eigenvalue weighted by molar-refractivity contribution is 6.30. The SMILES string of the molecule is CC(C)(C)C[C@]1(c2ccc(-c3cnn(C4CC4)c3)cc2)N=C(N)N([C@H](COC(=O)NC2CC2(F)F)C2=CC=C(Cl)C(n3ncnc3C(F)F)C2)C1=O. The van der Waals surface area contributed by atoms with E-state index in [0.717, 1.165) is 35.0 Å². The van der Waals surface area contributed by atoms with Crippen LogP contribution < -0.4 is 11.1 Å². The number of aliphatic imine (C=N–C) groups is 1. The number of guanidine groups is 1. The summed E-state index contributed by atoms with van der Waals surface area (Å²) in [5.41, 5.74) is 7.50. The zero-order chi connectivity index (χ0) is 37.2. The second-order valence-electron chi connectivity index (χ2n) is 14.9. The predicted octanol–water partition coefficient (Wildman–Crippen LogP) is 6.40. The number of allylic oxidation sites excluding steroid dienone is 3. The molecule has 0 bridgehead atoms. The number of hydrogen-bond donors (Lipinski definition) is 2. The lowest BCUT2D eigenvalue weighted by Gasteiger charge is -2.36. The Labute approximate surface area is 301 Å². The van der Waals surface area contributed by atoms with Crippen molar-refractivity contribution in [3.8, 4) is 11.1 Å². The lowest BCUT2D eigenvalue weighted by molar-refractivity contribution is -0.134. The molecule has 1 aromatic carbocycles. The molecule has 2 unspecified atom stereocenters. The van der Waals surface area contributed by atoms with Gasteiger partial charge in [-0.1, -0.05) is 62.7 Å². The van der Waals surface area contributed by atoms with Crippen LogP contribution in [0, 0.1) is 5.41 Å². The summed E-state index contributed by atoms with van der Waals surface area (Å²) in [6, 6.07) is 4.43. The van der Waals surface area contributed by atoms with Gasteiger partial charge in [0.05, 0.1) is 24.3 Å². The quantitative estimate of drug-likeness (QED) is 0.216. The highest BCUT2D eigenvalue weighted by Crippen LogP contribution is 2.46. The largest absolute Gasteiger partial charge is 0.447 e. The van der Waals surface area contributed by atoms with Crippen molar-refractivity contribution in [1.82, 2.24) is 34.8 Å².